The van der Waals surface area contributed by atoms with Gasteiger partial charge in [0, 0.05) is 42.3 Å². The number of nitrogens with one attached hydrogen (secondary N) is 2. The summed E-state index contributed by atoms with van der Waals surface area (Å²) < 4.78 is 0. The second-order valence-electron chi connectivity index (χ2n) is 9.06. The Morgan fingerprint density at radius 2 is 2.03 bits per heavy atom. The number of likely N-dealkylation sites (tertiary alicyclic amines) is 1. The molecule has 0 unspecified atom stereocenters. The summed E-state index contributed by atoms with van der Waals surface area (Å²) in [6.45, 7) is 4.01. The summed E-state index contributed by atoms with van der Waals surface area (Å²) in [5.41, 5.74) is 0.406. The fourth-order valence-electron chi connectivity index (χ4n) is 4.88. The number of carbonyl (C=O) groups is 1. The van der Waals surface area contributed by atoms with Gasteiger partial charge in [0.05, 0.1) is 12.6 Å². The second-order valence-corrected chi connectivity index (χ2v) is 9.95. The SMILES string of the molecule is Cc1ccc2ccnc(NCC(=O)NC3CN(C4CCC(O)(c5nccs5)CC4)C3)c2c1. The lowest BCUT2D eigenvalue weighted by Gasteiger charge is -2.47. The van der Waals surface area contributed by atoms with Crippen LogP contribution in [0.5, 0.6) is 0 Å². The molecule has 7 nitrogen and oxygen atoms in total. The van der Waals surface area contributed by atoms with Crippen LogP contribution in [0.3, 0.4) is 0 Å². The van der Waals surface area contributed by atoms with Crippen LogP contribution in [-0.2, 0) is 10.4 Å². The van der Waals surface area contributed by atoms with E-state index in [0.29, 0.717) is 6.04 Å². The minimum atomic E-state index is -0.761. The van der Waals surface area contributed by atoms with Crippen molar-refractivity contribution in [3.05, 3.63) is 52.6 Å². The van der Waals surface area contributed by atoms with E-state index in [1.165, 1.54) is 16.9 Å². The van der Waals surface area contributed by atoms with Gasteiger partial charge in [0.2, 0.25) is 5.91 Å². The van der Waals surface area contributed by atoms with Gasteiger partial charge in [-0.25, -0.2) is 9.97 Å². The normalized spacial score (nSPS) is 24.2. The van der Waals surface area contributed by atoms with Crippen molar-refractivity contribution in [1.29, 1.82) is 0 Å². The topological polar surface area (TPSA) is 90.4 Å². The number of fused-ring (bicyclic) bond motifs is 1. The molecular weight excluding hydrogens is 422 g/mol. The van der Waals surface area contributed by atoms with Gasteiger partial charge in [-0.2, -0.15) is 0 Å². The highest BCUT2D eigenvalue weighted by molar-refractivity contribution is 7.09. The van der Waals surface area contributed by atoms with Gasteiger partial charge in [-0.05, 0) is 50.1 Å². The van der Waals surface area contributed by atoms with Crippen LogP contribution >= 0.6 is 11.3 Å². The smallest absolute Gasteiger partial charge is 0.239 e. The molecule has 3 aromatic rings. The maximum absolute atomic E-state index is 12.5. The Labute approximate surface area is 191 Å². The van der Waals surface area contributed by atoms with Gasteiger partial charge < -0.3 is 15.7 Å². The largest absolute Gasteiger partial charge is 0.383 e. The number of amides is 1. The summed E-state index contributed by atoms with van der Waals surface area (Å²) in [6, 6.07) is 8.88. The number of aromatic nitrogens is 2. The van der Waals surface area contributed by atoms with Crippen LogP contribution in [0.1, 0.15) is 36.3 Å². The van der Waals surface area contributed by atoms with Crippen LogP contribution in [0.25, 0.3) is 10.8 Å². The van der Waals surface area contributed by atoms with Gasteiger partial charge in [-0.1, -0.05) is 17.7 Å². The molecule has 0 bridgehead atoms. The molecule has 3 heterocycles. The first kappa shape index (κ1) is 21.3. The van der Waals surface area contributed by atoms with Crippen LogP contribution < -0.4 is 10.6 Å². The van der Waals surface area contributed by atoms with E-state index >= 15 is 0 Å². The molecule has 1 aliphatic heterocycles. The molecule has 1 aliphatic carbocycles. The van der Waals surface area contributed by atoms with Gasteiger partial charge in [-0.15, -0.1) is 11.3 Å². The molecule has 2 aliphatic rings. The number of carbonyl (C=O) groups excluding carboxylic acids is 1. The molecule has 8 heteroatoms. The lowest BCUT2D eigenvalue weighted by Crippen LogP contribution is -2.63. The Morgan fingerprint density at radius 3 is 2.78 bits per heavy atom. The molecule has 1 saturated heterocycles. The third-order valence-corrected chi connectivity index (χ3v) is 7.71. The fraction of sp³-hybridized carbons (Fsp3) is 0.458. The molecule has 5 rings (SSSR count). The number of aryl methyl sites for hydroxylation is 1. The molecule has 0 spiro atoms. The minimum absolute atomic E-state index is 0.0112. The van der Waals surface area contributed by atoms with E-state index in [-0.39, 0.29) is 18.5 Å². The monoisotopic (exact) mass is 451 g/mol. The number of nitrogens with zero attached hydrogens (tertiary/aromatic N) is 3. The molecule has 1 aromatic carbocycles. The average molecular weight is 452 g/mol. The summed E-state index contributed by atoms with van der Waals surface area (Å²) in [7, 11) is 0. The van der Waals surface area contributed by atoms with Crippen LogP contribution in [0.2, 0.25) is 0 Å². The number of rotatable bonds is 6. The van der Waals surface area contributed by atoms with Crippen LogP contribution in [0, 0.1) is 6.92 Å². The molecule has 0 atom stereocenters. The molecule has 3 N–H and O–H groups in total. The zero-order valence-electron chi connectivity index (χ0n) is 18.3. The number of pyridine rings is 1. The predicted octanol–water partition coefficient (Wildman–Crippen LogP) is 3.04. The number of aliphatic hydroxyl groups is 1. The lowest BCUT2D eigenvalue weighted by atomic mass is 9.81. The average Bonchev–Trinajstić information content (AvgIpc) is 3.31. The molecule has 1 amide bonds. The zero-order chi connectivity index (χ0) is 22.1. The van der Waals surface area contributed by atoms with E-state index in [1.54, 1.807) is 12.4 Å². The highest BCUT2D eigenvalue weighted by Crippen LogP contribution is 2.40. The molecule has 0 radical (unpaired) electrons. The van der Waals surface area contributed by atoms with Crippen LogP contribution in [0.15, 0.2) is 42.0 Å². The summed E-state index contributed by atoms with van der Waals surface area (Å²) in [6.07, 6.45) is 6.95. The van der Waals surface area contributed by atoms with Gasteiger partial charge in [0.1, 0.15) is 16.4 Å². The number of thiazole rings is 1. The Balaban J connectivity index is 1.07. The Kier molecular flexibility index (Phi) is 5.84. The Morgan fingerprint density at radius 1 is 1.22 bits per heavy atom. The van der Waals surface area contributed by atoms with Crippen molar-refractivity contribution in [3.63, 3.8) is 0 Å². The van der Waals surface area contributed by atoms with E-state index in [4.69, 9.17) is 0 Å². The molecule has 1 saturated carbocycles. The molecule has 168 valence electrons. The fourth-order valence-corrected chi connectivity index (χ4v) is 5.68. The highest BCUT2D eigenvalue weighted by Gasteiger charge is 2.41. The van der Waals surface area contributed by atoms with Crippen molar-refractivity contribution < 1.29 is 9.90 Å². The third-order valence-electron chi connectivity index (χ3n) is 6.74. The van der Waals surface area contributed by atoms with Gasteiger partial charge in [0.15, 0.2) is 0 Å². The first-order valence-electron chi connectivity index (χ1n) is 11.3. The molecule has 32 heavy (non-hydrogen) atoms. The van der Waals surface area contributed by atoms with E-state index < -0.39 is 5.60 Å². The molecule has 2 aromatic heterocycles. The lowest BCUT2D eigenvalue weighted by molar-refractivity contribution is -0.121. The van der Waals surface area contributed by atoms with Crippen LogP contribution in [0.4, 0.5) is 5.82 Å². The second kappa shape index (κ2) is 8.77. The van der Waals surface area contributed by atoms with E-state index in [9.17, 15) is 9.90 Å². The Bertz CT molecular complexity index is 1090. The van der Waals surface area contributed by atoms with Crippen molar-refractivity contribution in [2.75, 3.05) is 25.0 Å². The maximum Gasteiger partial charge on any atom is 0.239 e. The Hall–Kier alpha value is -2.55. The first-order chi connectivity index (χ1) is 15.5. The quantitative estimate of drug-likeness (QED) is 0.534. The summed E-state index contributed by atoms with van der Waals surface area (Å²) in [4.78, 5) is 23.6. The standard InChI is InChI=1S/C24H29N5O2S/c1-16-2-3-17-6-9-25-22(20(17)12-16)27-13-21(30)28-18-14-29(15-18)19-4-7-24(31,8-5-19)23-26-10-11-32-23/h2-3,6,9-12,18-19,31H,4-5,7-8,13-15H2,1H3,(H,25,27)(H,28,30). The van der Waals surface area contributed by atoms with Gasteiger partial charge in [0.25, 0.3) is 0 Å². The number of benzene rings is 1. The summed E-state index contributed by atoms with van der Waals surface area (Å²) in [5, 5.41) is 22.1. The summed E-state index contributed by atoms with van der Waals surface area (Å²) in [5.74, 6) is 0.731. The first-order valence-corrected chi connectivity index (χ1v) is 12.1. The molecular formula is C24H29N5O2S. The van der Waals surface area contributed by atoms with E-state index in [1.807, 2.05) is 11.4 Å². The number of anilines is 1. The van der Waals surface area contributed by atoms with Crippen molar-refractivity contribution in [2.45, 2.75) is 50.3 Å². The van der Waals surface area contributed by atoms with Gasteiger partial charge >= 0.3 is 0 Å². The summed E-state index contributed by atoms with van der Waals surface area (Å²) >= 11 is 1.54. The zero-order valence-corrected chi connectivity index (χ0v) is 19.1. The van der Waals surface area contributed by atoms with Crippen molar-refractivity contribution in [2.24, 2.45) is 0 Å². The van der Waals surface area contributed by atoms with Crippen molar-refractivity contribution in [3.8, 4) is 0 Å². The van der Waals surface area contributed by atoms with Crippen molar-refractivity contribution >= 4 is 33.8 Å². The number of hydrogen-bond acceptors (Lipinski definition) is 7. The molecule has 2 fully saturated rings. The van der Waals surface area contributed by atoms with Crippen molar-refractivity contribution in [1.82, 2.24) is 20.2 Å². The van der Waals surface area contributed by atoms with Gasteiger partial charge in [-0.3, -0.25) is 9.69 Å². The highest BCUT2D eigenvalue weighted by atomic mass is 32.1. The maximum atomic E-state index is 12.5. The van der Waals surface area contributed by atoms with E-state index in [0.717, 1.165) is 60.4 Å². The third kappa shape index (κ3) is 4.35. The van der Waals surface area contributed by atoms with Crippen LogP contribution in [-0.4, -0.2) is 57.6 Å². The predicted molar refractivity (Wildman–Crippen MR) is 127 cm³/mol. The number of hydrogen-bond donors (Lipinski definition) is 3. The van der Waals surface area contributed by atoms with E-state index in [2.05, 4.69) is 50.6 Å². The minimum Gasteiger partial charge on any atom is -0.383 e.